The van der Waals surface area contributed by atoms with E-state index in [1.165, 1.54) is 4.90 Å². The molecule has 0 amide bonds. The Morgan fingerprint density at radius 2 is 1.78 bits per heavy atom. The maximum absolute atomic E-state index is 6.05. The fraction of sp³-hybridized carbons (Fsp3) is 0.286. The Balaban J connectivity index is 2.42. The van der Waals surface area contributed by atoms with Gasteiger partial charge in [0, 0.05) is 10.5 Å². The molecule has 0 bridgehead atoms. The van der Waals surface area contributed by atoms with Crippen LogP contribution in [0.1, 0.15) is 18.4 Å². The quantitative estimate of drug-likeness (QED) is 0.858. The number of aryl methyl sites for hydroxylation is 2. The molecule has 0 radical (unpaired) electrons. The molecule has 94 valence electrons. The van der Waals surface area contributed by atoms with Crippen LogP contribution in [0.15, 0.2) is 29.2 Å². The van der Waals surface area contributed by atoms with Gasteiger partial charge < -0.3 is 5.73 Å². The minimum absolute atomic E-state index is 0.663. The third-order valence-electron chi connectivity index (χ3n) is 2.69. The molecule has 0 saturated carbocycles. The summed E-state index contributed by atoms with van der Waals surface area (Å²) >= 11 is 1.83. The number of thioether (sulfide) groups is 1. The number of hydrogen-bond acceptors (Lipinski definition) is 4. The smallest absolute Gasteiger partial charge is 0.126 e. The standard InChI is InChI=1S/C14H17N3S/c1-4-18-12-7-5-11(6-8-12)14-13(15)9(2)16-10(3)17-14/h5-8H,4,15H2,1-3H3. The molecule has 0 atom stereocenters. The van der Waals surface area contributed by atoms with E-state index in [0.717, 1.165) is 28.5 Å². The second-order valence-corrected chi connectivity index (χ2v) is 5.41. The van der Waals surface area contributed by atoms with Crippen LogP contribution in [0.3, 0.4) is 0 Å². The van der Waals surface area contributed by atoms with Crippen molar-refractivity contribution in [3.8, 4) is 11.3 Å². The molecule has 0 unspecified atom stereocenters. The number of rotatable bonds is 3. The number of benzene rings is 1. The van der Waals surface area contributed by atoms with Crippen LogP contribution in [0.5, 0.6) is 0 Å². The van der Waals surface area contributed by atoms with E-state index >= 15 is 0 Å². The van der Waals surface area contributed by atoms with Crippen LogP contribution in [-0.2, 0) is 0 Å². The van der Waals surface area contributed by atoms with Crippen molar-refractivity contribution in [1.82, 2.24) is 9.97 Å². The third kappa shape index (κ3) is 2.64. The van der Waals surface area contributed by atoms with Gasteiger partial charge in [-0.15, -0.1) is 11.8 Å². The van der Waals surface area contributed by atoms with Crippen LogP contribution in [0.2, 0.25) is 0 Å². The van der Waals surface area contributed by atoms with Gasteiger partial charge in [0.15, 0.2) is 0 Å². The van der Waals surface area contributed by atoms with E-state index in [4.69, 9.17) is 5.73 Å². The first kappa shape index (κ1) is 12.9. The lowest BCUT2D eigenvalue weighted by Crippen LogP contribution is -2.02. The average Bonchev–Trinajstić information content (AvgIpc) is 2.35. The van der Waals surface area contributed by atoms with E-state index in [-0.39, 0.29) is 0 Å². The molecule has 0 fully saturated rings. The van der Waals surface area contributed by atoms with Crippen molar-refractivity contribution in [1.29, 1.82) is 0 Å². The number of nitrogens with two attached hydrogens (primary N) is 1. The van der Waals surface area contributed by atoms with Crippen LogP contribution < -0.4 is 5.73 Å². The molecule has 1 aromatic carbocycles. The minimum atomic E-state index is 0.663. The van der Waals surface area contributed by atoms with Gasteiger partial charge in [-0.05, 0) is 31.7 Å². The van der Waals surface area contributed by atoms with Crippen LogP contribution in [0, 0.1) is 13.8 Å². The van der Waals surface area contributed by atoms with Crippen LogP contribution in [0.4, 0.5) is 5.69 Å². The zero-order valence-electron chi connectivity index (χ0n) is 10.9. The largest absolute Gasteiger partial charge is 0.395 e. The number of aromatic nitrogens is 2. The molecule has 1 aromatic heterocycles. The lowest BCUT2D eigenvalue weighted by Gasteiger charge is -2.09. The Kier molecular flexibility index (Phi) is 3.87. The van der Waals surface area contributed by atoms with Crippen LogP contribution in [0.25, 0.3) is 11.3 Å². The highest BCUT2D eigenvalue weighted by Crippen LogP contribution is 2.27. The minimum Gasteiger partial charge on any atom is -0.395 e. The van der Waals surface area contributed by atoms with Gasteiger partial charge in [-0.3, -0.25) is 0 Å². The molecule has 18 heavy (non-hydrogen) atoms. The molecule has 1 heterocycles. The Labute approximate surface area is 112 Å². The van der Waals surface area contributed by atoms with Crippen molar-refractivity contribution in [3.05, 3.63) is 35.8 Å². The van der Waals surface area contributed by atoms with E-state index < -0.39 is 0 Å². The first-order valence-electron chi connectivity index (χ1n) is 5.95. The van der Waals surface area contributed by atoms with Crippen molar-refractivity contribution in [3.63, 3.8) is 0 Å². The summed E-state index contributed by atoms with van der Waals surface area (Å²) in [6.45, 7) is 5.94. The maximum atomic E-state index is 6.05. The molecule has 0 aliphatic rings. The molecule has 2 N–H and O–H groups in total. The first-order valence-corrected chi connectivity index (χ1v) is 6.94. The van der Waals surface area contributed by atoms with Crippen molar-refractivity contribution in [2.75, 3.05) is 11.5 Å². The van der Waals surface area contributed by atoms with E-state index in [1.807, 2.05) is 25.6 Å². The summed E-state index contributed by atoms with van der Waals surface area (Å²) in [5, 5.41) is 0. The first-order chi connectivity index (χ1) is 8.61. The lowest BCUT2D eigenvalue weighted by molar-refractivity contribution is 1.02. The molecule has 2 aromatic rings. The van der Waals surface area contributed by atoms with Gasteiger partial charge in [-0.2, -0.15) is 0 Å². The predicted octanol–water partition coefficient (Wildman–Crippen LogP) is 3.45. The molecule has 4 heteroatoms. The summed E-state index contributed by atoms with van der Waals surface area (Å²) in [4.78, 5) is 9.97. The van der Waals surface area contributed by atoms with Gasteiger partial charge >= 0.3 is 0 Å². The van der Waals surface area contributed by atoms with Crippen molar-refractivity contribution in [2.24, 2.45) is 0 Å². The normalized spacial score (nSPS) is 10.6. The van der Waals surface area contributed by atoms with Crippen LogP contribution in [-0.4, -0.2) is 15.7 Å². The zero-order chi connectivity index (χ0) is 13.1. The monoisotopic (exact) mass is 259 g/mol. The summed E-state index contributed by atoms with van der Waals surface area (Å²) < 4.78 is 0. The fourth-order valence-corrected chi connectivity index (χ4v) is 2.48. The van der Waals surface area contributed by atoms with Crippen LogP contribution >= 0.6 is 11.8 Å². The molecular weight excluding hydrogens is 242 g/mol. The molecule has 2 rings (SSSR count). The number of nitrogen functional groups attached to an aromatic ring is 1. The predicted molar refractivity (Wildman–Crippen MR) is 77.8 cm³/mol. The van der Waals surface area contributed by atoms with Crippen molar-refractivity contribution < 1.29 is 0 Å². The molecule has 0 aliphatic carbocycles. The number of nitrogens with zero attached hydrogens (tertiary/aromatic N) is 2. The Morgan fingerprint density at radius 3 is 2.39 bits per heavy atom. The lowest BCUT2D eigenvalue weighted by atomic mass is 10.1. The zero-order valence-corrected chi connectivity index (χ0v) is 11.7. The molecular formula is C14H17N3S. The van der Waals surface area contributed by atoms with Gasteiger partial charge in [0.05, 0.1) is 17.1 Å². The highest BCUT2D eigenvalue weighted by molar-refractivity contribution is 7.99. The van der Waals surface area contributed by atoms with Gasteiger partial charge in [-0.25, -0.2) is 9.97 Å². The number of anilines is 1. The van der Waals surface area contributed by atoms with E-state index in [2.05, 4.69) is 41.2 Å². The topological polar surface area (TPSA) is 51.8 Å². The summed E-state index contributed by atoms with van der Waals surface area (Å²) in [6.07, 6.45) is 0. The summed E-state index contributed by atoms with van der Waals surface area (Å²) in [6, 6.07) is 8.34. The Morgan fingerprint density at radius 1 is 1.11 bits per heavy atom. The van der Waals surface area contributed by atoms with Gasteiger partial charge in [-0.1, -0.05) is 19.1 Å². The Hall–Kier alpha value is -1.55. The van der Waals surface area contributed by atoms with Crippen molar-refractivity contribution >= 4 is 17.4 Å². The fourth-order valence-electron chi connectivity index (χ4n) is 1.82. The third-order valence-corrected chi connectivity index (χ3v) is 3.58. The average molecular weight is 259 g/mol. The SMILES string of the molecule is CCSc1ccc(-c2nc(C)nc(C)c2N)cc1. The summed E-state index contributed by atoms with van der Waals surface area (Å²) in [5.41, 5.74) is 9.42. The van der Waals surface area contributed by atoms with Crippen molar-refractivity contribution in [2.45, 2.75) is 25.7 Å². The molecule has 0 aliphatic heterocycles. The highest BCUT2D eigenvalue weighted by atomic mass is 32.2. The van der Waals surface area contributed by atoms with Gasteiger partial charge in [0.25, 0.3) is 0 Å². The second kappa shape index (κ2) is 5.40. The summed E-state index contributed by atoms with van der Waals surface area (Å²) in [7, 11) is 0. The molecule has 0 saturated heterocycles. The highest BCUT2D eigenvalue weighted by Gasteiger charge is 2.09. The van der Waals surface area contributed by atoms with E-state index in [1.54, 1.807) is 0 Å². The van der Waals surface area contributed by atoms with E-state index in [0.29, 0.717) is 5.69 Å². The van der Waals surface area contributed by atoms with Gasteiger partial charge in [0.1, 0.15) is 5.82 Å². The molecule has 0 spiro atoms. The van der Waals surface area contributed by atoms with E-state index in [9.17, 15) is 0 Å². The number of hydrogen-bond donors (Lipinski definition) is 1. The maximum Gasteiger partial charge on any atom is 0.126 e. The Bertz CT molecular complexity index is 550. The molecule has 3 nitrogen and oxygen atoms in total. The van der Waals surface area contributed by atoms with Gasteiger partial charge in [0.2, 0.25) is 0 Å². The summed E-state index contributed by atoms with van der Waals surface area (Å²) in [5.74, 6) is 1.83. The second-order valence-electron chi connectivity index (χ2n) is 4.08.